The van der Waals surface area contributed by atoms with Crippen molar-refractivity contribution in [1.82, 2.24) is 4.98 Å². The molecule has 1 unspecified atom stereocenters. The lowest BCUT2D eigenvalue weighted by molar-refractivity contribution is -0.137. The number of carboxylic acids is 2. The highest BCUT2D eigenvalue weighted by Gasteiger charge is 2.31. The molecule has 0 fully saturated rings. The molecule has 0 aromatic carbocycles. The zero-order chi connectivity index (χ0) is 12.7. The summed E-state index contributed by atoms with van der Waals surface area (Å²) in [6.45, 7) is 1.52. The van der Waals surface area contributed by atoms with Gasteiger partial charge in [-0.2, -0.15) is 0 Å². The standard InChI is InChI=1S/C10H11N3O4/c1-3-6(10(16)17)7(11)4-2-5(9(14)15)13-8(4)12-3/h5H,2H2,1H3,(H,14,15)(H,16,17)(H3,11,12,13). The zero-order valence-corrected chi connectivity index (χ0v) is 9.02. The average molecular weight is 237 g/mol. The number of fused-ring (bicyclic) bond motifs is 1. The van der Waals surface area contributed by atoms with Crippen molar-refractivity contribution < 1.29 is 19.8 Å². The number of carbonyl (C=O) groups is 2. The Morgan fingerprint density at radius 1 is 1.47 bits per heavy atom. The molecule has 0 spiro atoms. The zero-order valence-electron chi connectivity index (χ0n) is 9.02. The number of nitrogens with zero attached hydrogens (tertiary/aromatic N) is 1. The first-order chi connectivity index (χ1) is 7.91. The monoisotopic (exact) mass is 237 g/mol. The van der Waals surface area contributed by atoms with Crippen LogP contribution in [0, 0.1) is 6.92 Å². The van der Waals surface area contributed by atoms with Crippen molar-refractivity contribution in [2.75, 3.05) is 11.1 Å². The number of aryl methyl sites for hydroxylation is 1. The lowest BCUT2D eigenvalue weighted by Gasteiger charge is -2.08. The molecular weight excluding hydrogens is 226 g/mol. The van der Waals surface area contributed by atoms with Gasteiger partial charge in [-0.15, -0.1) is 0 Å². The van der Waals surface area contributed by atoms with Crippen LogP contribution in [0.5, 0.6) is 0 Å². The number of anilines is 2. The number of rotatable bonds is 2. The fourth-order valence-electron chi connectivity index (χ4n) is 1.93. The van der Waals surface area contributed by atoms with Crippen LogP contribution in [0.3, 0.4) is 0 Å². The predicted octanol–water partition coefficient (Wildman–Crippen LogP) is 0.0916. The quantitative estimate of drug-likeness (QED) is 0.574. The maximum atomic E-state index is 11.0. The van der Waals surface area contributed by atoms with Crippen molar-refractivity contribution in [1.29, 1.82) is 0 Å². The van der Waals surface area contributed by atoms with Gasteiger partial charge in [0.05, 0.1) is 11.4 Å². The molecule has 90 valence electrons. The number of aliphatic carboxylic acids is 1. The summed E-state index contributed by atoms with van der Waals surface area (Å²) < 4.78 is 0. The molecule has 0 saturated heterocycles. The normalized spacial score (nSPS) is 17.4. The molecular formula is C10H11N3O4. The maximum absolute atomic E-state index is 11.0. The van der Waals surface area contributed by atoms with E-state index in [9.17, 15) is 9.59 Å². The Balaban J connectivity index is 2.53. The van der Waals surface area contributed by atoms with Gasteiger partial charge in [0, 0.05) is 12.0 Å². The molecule has 1 aliphatic rings. The fraction of sp³-hybridized carbons (Fsp3) is 0.300. The first-order valence-electron chi connectivity index (χ1n) is 4.93. The summed E-state index contributed by atoms with van der Waals surface area (Å²) >= 11 is 0. The van der Waals surface area contributed by atoms with Gasteiger partial charge in [0.25, 0.3) is 0 Å². The number of hydrogen-bond donors (Lipinski definition) is 4. The molecule has 0 saturated carbocycles. The summed E-state index contributed by atoms with van der Waals surface area (Å²) in [4.78, 5) is 25.9. The fourth-order valence-corrected chi connectivity index (χ4v) is 1.93. The molecule has 1 aromatic heterocycles. The van der Waals surface area contributed by atoms with E-state index in [1.165, 1.54) is 6.92 Å². The van der Waals surface area contributed by atoms with E-state index in [0.717, 1.165) is 0 Å². The van der Waals surface area contributed by atoms with Gasteiger partial charge in [0.1, 0.15) is 17.4 Å². The van der Waals surface area contributed by atoms with Gasteiger partial charge < -0.3 is 21.3 Å². The number of hydrogen-bond acceptors (Lipinski definition) is 5. The summed E-state index contributed by atoms with van der Waals surface area (Å²) in [7, 11) is 0. The Labute approximate surface area is 96.3 Å². The lowest BCUT2D eigenvalue weighted by Crippen LogP contribution is -2.26. The number of nitrogens with two attached hydrogens (primary N) is 1. The number of nitrogen functional groups attached to an aromatic ring is 1. The van der Waals surface area contributed by atoms with Crippen LogP contribution in [0.25, 0.3) is 0 Å². The number of aromatic carboxylic acids is 1. The van der Waals surface area contributed by atoms with Crippen LogP contribution in [-0.4, -0.2) is 33.2 Å². The van der Waals surface area contributed by atoms with Crippen molar-refractivity contribution in [3.63, 3.8) is 0 Å². The SMILES string of the molecule is Cc1nc2c(c(N)c1C(=O)O)CC(C(=O)O)N2. The Hall–Kier alpha value is -2.31. The molecule has 7 nitrogen and oxygen atoms in total. The van der Waals surface area contributed by atoms with Crippen LogP contribution >= 0.6 is 0 Å². The smallest absolute Gasteiger partial charge is 0.339 e. The average Bonchev–Trinajstić information content (AvgIpc) is 2.60. The number of pyridine rings is 1. The predicted molar refractivity (Wildman–Crippen MR) is 59.1 cm³/mol. The van der Waals surface area contributed by atoms with E-state index >= 15 is 0 Å². The molecule has 0 bridgehead atoms. The van der Waals surface area contributed by atoms with E-state index in [2.05, 4.69) is 10.3 Å². The topological polar surface area (TPSA) is 126 Å². The second kappa shape index (κ2) is 3.62. The Kier molecular flexibility index (Phi) is 2.38. The number of aromatic nitrogens is 1. The van der Waals surface area contributed by atoms with Crippen molar-refractivity contribution in [2.24, 2.45) is 0 Å². The van der Waals surface area contributed by atoms with Gasteiger partial charge in [-0.25, -0.2) is 14.6 Å². The van der Waals surface area contributed by atoms with Gasteiger partial charge >= 0.3 is 11.9 Å². The second-order valence-corrected chi connectivity index (χ2v) is 3.86. The van der Waals surface area contributed by atoms with Crippen LogP contribution in [0.2, 0.25) is 0 Å². The van der Waals surface area contributed by atoms with Gasteiger partial charge in [0.2, 0.25) is 0 Å². The third-order valence-electron chi connectivity index (χ3n) is 2.75. The molecule has 0 amide bonds. The van der Waals surface area contributed by atoms with Crippen molar-refractivity contribution in [3.05, 3.63) is 16.8 Å². The molecule has 1 atom stereocenters. The van der Waals surface area contributed by atoms with E-state index in [1.807, 2.05) is 0 Å². The lowest BCUT2D eigenvalue weighted by atomic mass is 10.0. The largest absolute Gasteiger partial charge is 0.480 e. The highest BCUT2D eigenvalue weighted by atomic mass is 16.4. The summed E-state index contributed by atoms with van der Waals surface area (Å²) in [5.74, 6) is -1.82. The minimum Gasteiger partial charge on any atom is -0.480 e. The molecule has 0 aliphatic carbocycles. The van der Waals surface area contributed by atoms with Crippen molar-refractivity contribution in [2.45, 2.75) is 19.4 Å². The number of nitrogens with one attached hydrogen (secondary N) is 1. The summed E-state index contributed by atoms with van der Waals surface area (Å²) in [5, 5.41) is 20.6. The maximum Gasteiger partial charge on any atom is 0.339 e. The van der Waals surface area contributed by atoms with E-state index in [4.69, 9.17) is 15.9 Å². The summed E-state index contributed by atoms with van der Waals surface area (Å²) in [6, 6.07) is -0.803. The van der Waals surface area contributed by atoms with Crippen molar-refractivity contribution in [3.8, 4) is 0 Å². The Bertz CT molecular complexity index is 527. The third-order valence-corrected chi connectivity index (χ3v) is 2.75. The van der Waals surface area contributed by atoms with E-state index in [0.29, 0.717) is 11.4 Å². The van der Waals surface area contributed by atoms with Gasteiger partial charge in [0.15, 0.2) is 0 Å². The highest BCUT2D eigenvalue weighted by molar-refractivity contribution is 5.97. The minimum atomic E-state index is -1.16. The number of carboxylic acid groups (broad SMARTS) is 2. The molecule has 2 rings (SSSR count). The molecule has 7 heteroatoms. The van der Waals surface area contributed by atoms with Gasteiger partial charge in [-0.1, -0.05) is 0 Å². The molecule has 1 aliphatic heterocycles. The van der Waals surface area contributed by atoms with E-state index in [-0.39, 0.29) is 23.4 Å². The summed E-state index contributed by atoms with van der Waals surface area (Å²) in [5.41, 5.74) is 6.51. The van der Waals surface area contributed by atoms with Gasteiger partial charge in [-0.05, 0) is 6.92 Å². The highest BCUT2D eigenvalue weighted by Crippen LogP contribution is 2.32. The Morgan fingerprint density at radius 2 is 2.12 bits per heavy atom. The van der Waals surface area contributed by atoms with Crippen LogP contribution in [-0.2, 0) is 11.2 Å². The minimum absolute atomic E-state index is 0.0587. The van der Waals surface area contributed by atoms with Crippen LogP contribution in [0.4, 0.5) is 11.5 Å². The van der Waals surface area contributed by atoms with E-state index in [1.54, 1.807) is 0 Å². The first-order valence-corrected chi connectivity index (χ1v) is 4.93. The molecule has 1 aromatic rings. The molecule has 2 heterocycles. The molecule has 5 N–H and O–H groups in total. The Morgan fingerprint density at radius 3 is 2.65 bits per heavy atom. The van der Waals surface area contributed by atoms with E-state index < -0.39 is 18.0 Å². The van der Waals surface area contributed by atoms with Crippen molar-refractivity contribution >= 4 is 23.4 Å². The second-order valence-electron chi connectivity index (χ2n) is 3.86. The molecule has 0 radical (unpaired) electrons. The molecule has 17 heavy (non-hydrogen) atoms. The third kappa shape index (κ3) is 1.65. The van der Waals surface area contributed by atoms with Crippen LogP contribution in [0.15, 0.2) is 0 Å². The van der Waals surface area contributed by atoms with Gasteiger partial charge in [-0.3, -0.25) is 0 Å². The van der Waals surface area contributed by atoms with Crippen LogP contribution in [0.1, 0.15) is 21.6 Å². The summed E-state index contributed by atoms with van der Waals surface area (Å²) in [6.07, 6.45) is 0.143. The first kappa shape index (κ1) is 11.2. The van der Waals surface area contributed by atoms with Crippen LogP contribution < -0.4 is 11.1 Å².